The van der Waals surface area contributed by atoms with E-state index >= 15 is 0 Å². The van der Waals surface area contributed by atoms with Crippen LogP contribution < -0.4 is 4.15 Å². The summed E-state index contributed by atoms with van der Waals surface area (Å²) in [7, 11) is 0. The predicted octanol–water partition coefficient (Wildman–Crippen LogP) is 2.10. The van der Waals surface area contributed by atoms with Crippen LogP contribution in [0.2, 0.25) is 0 Å². The minimum atomic E-state index is 0.501. The standard InChI is InChI=1S/C10H10ClN2OS/c11-7-6-9-12-10(14-13(9)15)8-4-2-1-3-5-8/h1-5,15H,6-7H2/q+1. The first-order chi connectivity index (χ1) is 7.31. The first-order valence-electron chi connectivity index (χ1n) is 4.54. The lowest BCUT2D eigenvalue weighted by atomic mass is 10.2. The molecule has 1 aromatic carbocycles. The van der Waals surface area contributed by atoms with Gasteiger partial charge in [-0.25, -0.2) is 4.52 Å². The van der Waals surface area contributed by atoms with Crippen LogP contribution in [-0.2, 0) is 6.42 Å². The number of aryl methyl sites for hydroxylation is 1. The molecule has 1 heterocycles. The molecule has 2 aromatic rings. The Balaban J connectivity index is 2.34. The summed E-state index contributed by atoms with van der Waals surface area (Å²) in [6.07, 6.45) is 0.640. The van der Waals surface area contributed by atoms with E-state index in [1.807, 2.05) is 30.3 Å². The van der Waals surface area contributed by atoms with Crippen LogP contribution in [0.15, 0.2) is 34.9 Å². The molecular formula is C10H10ClN2OS+. The van der Waals surface area contributed by atoms with Crippen molar-refractivity contribution in [3.8, 4) is 11.5 Å². The van der Waals surface area contributed by atoms with Crippen LogP contribution in [0, 0.1) is 0 Å². The van der Waals surface area contributed by atoms with E-state index in [0.29, 0.717) is 18.2 Å². The maximum absolute atomic E-state index is 5.63. The second-order valence-corrected chi connectivity index (χ2v) is 3.74. The molecule has 0 amide bonds. The van der Waals surface area contributed by atoms with Crippen molar-refractivity contribution in [2.45, 2.75) is 6.42 Å². The van der Waals surface area contributed by atoms with E-state index in [0.717, 1.165) is 11.4 Å². The Morgan fingerprint density at radius 2 is 2.07 bits per heavy atom. The Morgan fingerprint density at radius 1 is 1.33 bits per heavy atom. The zero-order valence-electron chi connectivity index (χ0n) is 7.93. The van der Waals surface area contributed by atoms with Crippen LogP contribution >= 0.6 is 24.4 Å². The van der Waals surface area contributed by atoms with Crippen LogP contribution in [0.5, 0.6) is 0 Å². The fraction of sp³-hybridized carbons (Fsp3) is 0.200. The molecule has 0 aliphatic heterocycles. The third-order valence-electron chi connectivity index (χ3n) is 1.96. The van der Waals surface area contributed by atoms with Gasteiger partial charge in [0, 0.05) is 10.9 Å². The van der Waals surface area contributed by atoms with E-state index in [9.17, 15) is 0 Å². The summed E-state index contributed by atoms with van der Waals surface area (Å²) in [5, 5.41) is 0. The van der Waals surface area contributed by atoms with Gasteiger partial charge in [0.05, 0.1) is 24.8 Å². The van der Waals surface area contributed by atoms with E-state index in [-0.39, 0.29) is 0 Å². The third-order valence-corrected chi connectivity index (χ3v) is 2.46. The van der Waals surface area contributed by atoms with Crippen molar-refractivity contribution in [1.29, 1.82) is 0 Å². The Kier molecular flexibility index (Phi) is 3.28. The number of hydrogen-bond donors (Lipinski definition) is 1. The highest BCUT2D eigenvalue weighted by Gasteiger charge is 2.21. The van der Waals surface area contributed by atoms with E-state index in [1.165, 1.54) is 4.15 Å². The molecular weight excluding hydrogens is 232 g/mol. The highest BCUT2D eigenvalue weighted by molar-refractivity contribution is 7.73. The van der Waals surface area contributed by atoms with E-state index in [1.54, 1.807) is 0 Å². The Labute approximate surface area is 98.2 Å². The number of nitrogens with zero attached hydrogens (tertiary/aromatic N) is 2. The molecule has 78 valence electrons. The maximum atomic E-state index is 5.63. The topological polar surface area (TPSA) is 29.9 Å². The summed E-state index contributed by atoms with van der Waals surface area (Å²) in [5.41, 5.74) is 0.932. The smallest absolute Gasteiger partial charge is 0.240 e. The van der Waals surface area contributed by atoms with E-state index < -0.39 is 0 Å². The molecule has 0 saturated carbocycles. The van der Waals surface area contributed by atoms with Gasteiger partial charge in [0.25, 0.3) is 0 Å². The molecule has 15 heavy (non-hydrogen) atoms. The number of hydrogen-bond acceptors (Lipinski definition) is 3. The number of benzene rings is 1. The molecule has 0 aliphatic rings. The van der Waals surface area contributed by atoms with Gasteiger partial charge in [-0.2, -0.15) is 0 Å². The molecule has 0 radical (unpaired) electrons. The summed E-state index contributed by atoms with van der Waals surface area (Å²) in [6.45, 7) is 0. The number of aromatic nitrogens is 2. The molecule has 0 saturated heterocycles. The van der Waals surface area contributed by atoms with Crippen molar-refractivity contribution in [3.63, 3.8) is 0 Å². The Hall–Kier alpha value is -1.00. The van der Waals surface area contributed by atoms with Crippen molar-refractivity contribution < 1.29 is 8.67 Å². The summed E-state index contributed by atoms with van der Waals surface area (Å²) < 4.78 is 6.72. The van der Waals surface area contributed by atoms with Crippen molar-refractivity contribution >= 4 is 24.4 Å². The summed E-state index contributed by atoms with van der Waals surface area (Å²) in [4.78, 5) is 4.31. The van der Waals surface area contributed by atoms with Gasteiger partial charge in [0.1, 0.15) is 0 Å². The van der Waals surface area contributed by atoms with Crippen molar-refractivity contribution in [1.82, 2.24) is 4.98 Å². The Bertz CT molecular complexity index is 444. The van der Waals surface area contributed by atoms with E-state index in [2.05, 4.69) is 17.8 Å². The first-order valence-corrected chi connectivity index (χ1v) is 5.47. The summed E-state index contributed by atoms with van der Waals surface area (Å²) in [6, 6.07) is 9.68. The molecule has 0 N–H and O–H groups in total. The van der Waals surface area contributed by atoms with E-state index in [4.69, 9.17) is 16.1 Å². The van der Waals surface area contributed by atoms with Gasteiger partial charge < -0.3 is 0 Å². The van der Waals surface area contributed by atoms with Gasteiger partial charge in [-0.05, 0) is 16.3 Å². The minimum absolute atomic E-state index is 0.501. The fourth-order valence-corrected chi connectivity index (χ4v) is 1.64. The van der Waals surface area contributed by atoms with Crippen LogP contribution in [0.25, 0.3) is 11.5 Å². The average molecular weight is 242 g/mol. The lowest BCUT2D eigenvalue weighted by molar-refractivity contribution is -0.704. The molecule has 0 spiro atoms. The van der Waals surface area contributed by atoms with Crippen molar-refractivity contribution in [3.05, 3.63) is 36.2 Å². The van der Waals surface area contributed by atoms with Crippen LogP contribution in [0.3, 0.4) is 0 Å². The molecule has 0 unspecified atom stereocenters. The normalized spacial score (nSPS) is 10.5. The Morgan fingerprint density at radius 3 is 2.73 bits per heavy atom. The minimum Gasteiger partial charge on any atom is -0.240 e. The van der Waals surface area contributed by atoms with Crippen LogP contribution in [0.4, 0.5) is 0 Å². The summed E-state index contributed by atoms with van der Waals surface area (Å²) in [5.74, 6) is 1.79. The number of thiol groups is 1. The van der Waals surface area contributed by atoms with Gasteiger partial charge in [-0.1, -0.05) is 18.2 Å². The quantitative estimate of drug-likeness (QED) is 0.507. The van der Waals surface area contributed by atoms with Gasteiger partial charge in [0.15, 0.2) is 0 Å². The monoisotopic (exact) mass is 241 g/mol. The first kappa shape index (κ1) is 10.5. The molecule has 2 rings (SSSR count). The maximum Gasteiger partial charge on any atom is 0.385 e. The SMILES string of the molecule is S[n+]1oc(-c2ccccc2)nc1CCCl. The second-order valence-electron chi connectivity index (χ2n) is 3.00. The molecule has 5 heteroatoms. The van der Waals surface area contributed by atoms with Crippen molar-refractivity contribution in [2.75, 3.05) is 5.88 Å². The zero-order valence-corrected chi connectivity index (χ0v) is 9.58. The van der Waals surface area contributed by atoms with Crippen LogP contribution in [0.1, 0.15) is 5.82 Å². The lowest BCUT2D eigenvalue weighted by Gasteiger charge is -1.85. The predicted molar refractivity (Wildman–Crippen MR) is 60.9 cm³/mol. The van der Waals surface area contributed by atoms with Gasteiger partial charge in [0.2, 0.25) is 0 Å². The lowest BCUT2D eigenvalue weighted by Crippen LogP contribution is -2.23. The van der Waals surface area contributed by atoms with Gasteiger partial charge in [-0.15, -0.1) is 11.6 Å². The van der Waals surface area contributed by atoms with Gasteiger partial charge in [-0.3, -0.25) is 0 Å². The fourth-order valence-electron chi connectivity index (χ4n) is 1.25. The second kappa shape index (κ2) is 4.68. The zero-order chi connectivity index (χ0) is 10.7. The average Bonchev–Trinajstić information content (AvgIpc) is 2.63. The van der Waals surface area contributed by atoms with Crippen LogP contribution in [-0.4, -0.2) is 10.9 Å². The summed E-state index contributed by atoms with van der Waals surface area (Å²) >= 11 is 9.77. The highest BCUT2D eigenvalue weighted by Crippen LogP contribution is 2.15. The molecule has 0 atom stereocenters. The molecule has 1 aromatic heterocycles. The molecule has 3 nitrogen and oxygen atoms in total. The largest absolute Gasteiger partial charge is 0.385 e. The molecule has 0 aliphatic carbocycles. The molecule has 0 fully saturated rings. The van der Waals surface area contributed by atoms with Gasteiger partial charge >= 0.3 is 11.7 Å². The number of alkyl halides is 1. The number of rotatable bonds is 3. The highest BCUT2D eigenvalue weighted by atomic mass is 35.5. The third kappa shape index (κ3) is 2.33. The number of halogens is 1. The van der Waals surface area contributed by atoms with Crippen molar-refractivity contribution in [2.24, 2.45) is 0 Å². The molecule has 0 bridgehead atoms.